The molecule has 0 saturated heterocycles. The molecule has 6 nitrogen and oxygen atoms in total. The van der Waals surface area contributed by atoms with Gasteiger partial charge in [-0.2, -0.15) is 4.98 Å². The van der Waals surface area contributed by atoms with E-state index in [1.807, 2.05) is 0 Å². The summed E-state index contributed by atoms with van der Waals surface area (Å²) in [5.41, 5.74) is 2.88. The molecule has 2 aromatic heterocycles. The van der Waals surface area contributed by atoms with Crippen LogP contribution in [0.2, 0.25) is 5.02 Å². The second-order valence-corrected chi connectivity index (χ2v) is 2.83. The summed E-state index contributed by atoms with van der Waals surface area (Å²) in [6, 6.07) is 1.82. The van der Waals surface area contributed by atoms with E-state index < -0.39 is 0 Å². The molecule has 0 radical (unpaired) electrons. The summed E-state index contributed by atoms with van der Waals surface area (Å²) in [5.74, 6) is 5.45. The minimum atomic E-state index is 0.132. The van der Waals surface area contributed by atoms with Crippen molar-refractivity contribution in [1.82, 2.24) is 15.1 Å². The summed E-state index contributed by atoms with van der Waals surface area (Å²) in [6.07, 6.45) is 3.09. The molecule has 0 atom stereocenters. The molecule has 0 amide bonds. The van der Waals surface area contributed by atoms with Crippen LogP contribution in [-0.2, 0) is 0 Å². The first-order valence-corrected chi connectivity index (χ1v) is 4.09. The van der Waals surface area contributed by atoms with Gasteiger partial charge in [-0.1, -0.05) is 16.8 Å². The van der Waals surface area contributed by atoms with Gasteiger partial charge in [0.05, 0.1) is 5.02 Å². The minimum Gasteiger partial charge on any atom is -0.314 e. The van der Waals surface area contributed by atoms with Gasteiger partial charge in [0.15, 0.2) is 0 Å². The highest BCUT2D eigenvalue weighted by Gasteiger charge is 2.10. The zero-order chi connectivity index (χ0) is 9.97. The molecule has 0 aliphatic carbocycles. The van der Waals surface area contributed by atoms with Crippen LogP contribution in [0.5, 0.6) is 0 Å². The maximum atomic E-state index is 5.88. The van der Waals surface area contributed by atoms with E-state index in [-0.39, 0.29) is 6.01 Å². The van der Waals surface area contributed by atoms with Crippen molar-refractivity contribution in [2.24, 2.45) is 5.84 Å². The summed E-state index contributed by atoms with van der Waals surface area (Å²) in [5, 5.41) is 4.13. The van der Waals surface area contributed by atoms with E-state index in [9.17, 15) is 0 Å². The monoisotopic (exact) mass is 211 g/mol. The largest absolute Gasteiger partial charge is 0.335 e. The lowest BCUT2D eigenvalue weighted by Crippen LogP contribution is -2.06. The first-order chi connectivity index (χ1) is 6.81. The van der Waals surface area contributed by atoms with Crippen LogP contribution in [0, 0.1) is 0 Å². The van der Waals surface area contributed by atoms with E-state index in [0.29, 0.717) is 16.4 Å². The Kier molecular flexibility index (Phi) is 2.30. The predicted octanol–water partition coefficient (Wildman–Crippen LogP) is 1.07. The van der Waals surface area contributed by atoms with Gasteiger partial charge in [0.2, 0.25) is 5.82 Å². The molecular weight excluding hydrogens is 206 g/mol. The van der Waals surface area contributed by atoms with Crippen LogP contribution in [0.25, 0.3) is 11.4 Å². The molecule has 0 unspecified atom stereocenters. The Bertz CT molecular complexity index is 443. The van der Waals surface area contributed by atoms with Crippen molar-refractivity contribution < 1.29 is 4.52 Å². The Morgan fingerprint density at radius 2 is 2.36 bits per heavy atom. The molecule has 2 heterocycles. The molecule has 2 aromatic rings. The zero-order valence-electron chi connectivity index (χ0n) is 6.94. The van der Waals surface area contributed by atoms with Crippen LogP contribution in [0.4, 0.5) is 6.01 Å². The molecule has 0 fully saturated rings. The highest BCUT2D eigenvalue weighted by atomic mass is 35.5. The first kappa shape index (κ1) is 8.92. The zero-order valence-corrected chi connectivity index (χ0v) is 7.69. The van der Waals surface area contributed by atoms with Crippen LogP contribution in [0.15, 0.2) is 23.0 Å². The molecule has 3 N–H and O–H groups in total. The molecule has 0 aromatic carbocycles. The smallest absolute Gasteiger partial charge is 0.314 e. The normalized spacial score (nSPS) is 10.1. The van der Waals surface area contributed by atoms with E-state index in [1.54, 1.807) is 12.3 Å². The maximum Gasteiger partial charge on any atom is 0.335 e. The minimum absolute atomic E-state index is 0.132. The Morgan fingerprint density at radius 1 is 1.50 bits per heavy atom. The highest BCUT2D eigenvalue weighted by Crippen LogP contribution is 2.24. The molecule has 0 spiro atoms. The maximum absolute atomic E-state index is 5.88. The fraction of sp³-hybridized carbons (Fsp3) is 0. The average Bonchev–Trinajstić information content (AvgIpc) is 2.67. The topological polar surface area (TPSA) is 89.9 Å². The lowest BCUT2D eigenvalue weighted by atomic mass is 10.2. The average molecular weight is 212 g/mol. The number of nitrogens with one attached hydrogen (secondary N) is 1. The molecule has 14 heavy (non-hydrogen) atoms. The molecule has 0 aliphatic heterocycles. The summed E-state index contributed by atoms with van der Waals surface area (Å²) in [4.78, 5) is 7.77. The van der Waals surface area contributed by atoms with Gasteiger partial charge in [-0.25, -0.2) is 5.84 Å². The number of nitrogen functional groups attached to an aromatic ring is 1. The van der Waals surface area contributed by atoms with E-state index in [1.165, 1.54) is 6.20 Å². The molecular formula is C7H6ClN5O. The first-order valence-electron chi connectivity index (χ1n) is 3.71. The number of nitrogens with two attached hydrogens (primary N) is 1. The highest BCUT2D eigenvalue weighted by molar-refractivity contribution is 6.33. The van der Waals surface area contributed by atoms with Crippen molar-refractivity contribution in [2.75, 3.05) is 5.43 Å². The van der Waals surface area contributed by atoms with Crippen molar-refractivity contribution >= 4 is 17.6 Å². The van der Waals surface area contributed by atoms with Crippen LogP contribution < -0.4 is 11.3 Å². The van der Waals surface area contributed by atoms with Crippen molar-refractivity contribution in [3.8, 4) is 11.4 Å². The lowest BCUT2D eigenvalue weighted by molar-refractivity contribution is 0.432. The second-order valence-electron chi connectivity index (χ2n) is 2.42. The fourth-order valence-corrected chi connectivity index (χ4v) is 1.15. The fourth-order valence-electron chi connectivity index (χ4n) is 0.948. The Morgan fingerprint density at radius 3 is 3.00 bits per heavy atom. The number of pyridine rings is 1. The number of halogens is 1. The Hall–Kier alpha value is -1.66. The van der Waals surface area contributed by atoms with Crippen molar-refractivity contribution in [2.45, 2.75) is 0 Å². The van der Waals surface area contributed by atoms with Crippen LogP contribution in [0.1, 0.15) is 0 Å². The predicted molar refractivity (Wildman–Crippen MR) is 50.3 cm³/mol. The van der Waals surface area contributed by atoms with Crippen LogP contribution in [0.3, 0.4) is 0 Å². The number of nitrogens with zero attached hydrogens (tertiary/aromatic N) is 3. The molecule has 7 heteroatoms. The van der Waals surface area contributed by atoms with Gasteiger partial charge in [0, 0.05) is 18.0 Å². The summed E-state index contributed by atoms with van der Waals surface area (Å²) >= 11 is 5.88. The SMILES string of the molecule is NNc1nc(-c2ccncc2Cl)no1. The van der Waals surface area contributed by atoms with Crippen molar-refractivity contribution in [1.29, 1.82) is 0 Å². The third-order valence-electron chi connectivity index (χ3n) is 1.56. The Balaban J connectivity index is 2.44. The number of aromatic nitrogens is 3. The second kappa shape index (κ2) is 3.60. The van der Waals surface area contributed by atoms with Crippen LogP contribution >= 0.6 is 11.6 Å². The number of anilines is 1. The molecule has 0 bridgehead atoms. The van der Waals surface area contributed by atoms with E-state index in [2.05, 4.69) is 20.6 Å². The summed E-state index contributed by atoms with van der Waals surface area (Å²) in [7, 11) is 0. The molecule has 0 aliphatic rings. The van der Waals surface area contributed by atoms with Gasteiger partial charge in [-0.05, 0) is 6.07 Å². The Labute approximate surface area is 84.1 Å². The lowest BCUT2D eigenvalue weighted by Gasteiger charge is -1.94. The quantitative estimate of drug-likeness (QED) is 0.571. The van der Waals surface area contributed by atoms with Gasteiger partial charge in [0.1, 0.15) is 0 Å². The third kappa shape index (κ3) is 1.52. The van der Waals surface area contributed by atoms with Gasteiger partial charge < -0.3 is 4.52 Å². The van der Waals surface area contributed by atoms with Gasteiger partial charge in [0.25, 0.3) is 0 Å². The van der Waals surface area contributed by atoms with Crippen molar-refractivity contribution in [3.05, 3.63) is 23.5 Å². The summed E-state index contributed by atoms with van der Waals surface area (Å²) in [6.45, 7) is 0. The van der Waals surface area contributed by atoms with E-state index >= 15 is 0 Å². The van der Waals surface area contributed by atoms with Gasteiger partial charge in [-0.15, -0.1) is 0 Å². The standard InChI is InChI=1S/C7H6ClN5O/c8-5-3-10-2-1-4(5)6-11-7(12-9)14-13-6/h1-3H,9H2,(H,11,12,13). The van der Waals surface area contributed by atoms with Gasteiger partial charge in [-0.3, -0.25) is 10.4 Å². The number of hydrogen-bond donors (Lipinski definition) is 2. The molecule has 0 saturated carbocycles. The van der Waals surface area contributed by atoms with Crippen molar-refractivity contribution in [3.63, 3.8) is 0 Å². The summed E-state index contributed by atoms with van der Waals surface area (Å²) < 4.78 is 4.75. The molecule has 72 valence electrons. The number of hydrazine groups is 1. The third-order valence-corrected chi connectivity index (χ3v) is 1.86. The van der Waals surface area contributed by atoms with Gasteiger partial charge >= 0.3 is 6.01 Å². The van der Waals surface area contributed by atoms with E-state index in [0.717, 1.165) is 0 Å². The number of rotatable bonds is 2. The van der Waals surface area contributed by atoms with E-state index in [4.69, 9.17) is 22.0 Å². The van der Waals surface area contributed by atoms with Crippen LogP contribution in [-0.4, -0.2) is 15.1 Å². The number of hydrogen-bond acceptors (Lipinski definition) is 6. The molecule has 2 rings (SSSR count).